The number of rotatable bonds is 6. The highest BCUT2D eigenvalue weighted by atomic mass is 16.5. The fourth-order valence-electron chi connectivity index (χ4n) is 3.59. The molecular weight excluding hydrogens is 322 g/mol. The van der Waals surface area contributed by atoms with Gasteiger partial charge in [-0.05, 0) is 66.4 Å². The van der Waals surface area contributed by atoms with Crippen molar-refractivity contribution in [1.29, 1.82) is 0 Å². The van der Waals surface area contributed by atoms with E-state index in [1.807, 2.05) is 6.07 Å². The lowest BCUT2D eigenvalue weighted by molar-refractivity contribution is 0.400. The Labute approximate surface area is 155 Å². The molecule has 0 aliphatic carbocycles. The maximum Gasteiger partial charge on any atom is 0.122 e. The molecule has 0 aromatic heterocycles. The van der Waals surface area contributed by atoms with Gasteiger partial charge < -0.3 is 15.2 Å². The van der Waals surface area contributed by atoms with E-state index in [0.29, 0.717) is 6.54 Å². The minimum Gasteiger partial charge on any atom is -0.496 e. The van der Waals surface area contributed by atoms with Crippen molar-refractivity contribution in [3.05, 3.63) is 70.8 Å². The zero-order valence-corrected chi connectivity index (χ0v) is 16.0. The van der Waals surface area contributed by atoms with Crippen molar-refractivity contribution in [2.75, 3.05) is 20.8 Å². The summed E-state index contributed by atoms with van der Waals surface area (Å²) in [7, 11) is 3.45. The van der Waals surface area contributed by atoms with Gasteiger partial charge in [-0.3, -0.25) is 0 Å². The van der Waals surface area contributed by atoms with Crippen molar-refractivity contribution in [3.8, 4) is 11.5 Å². The Bertz CT molecular complexity index is 917. The van der Waals surface area contributed by atoms with Crippen LogP contribution >= 0.6 is 0 Å². The van der Waals surface area contributed by atoms with E-state index in [2.05, 4.69) is 56.3 Å². The molecule has 0 saturated carbocycles. The van der Waals surface area contributed by atoms with E-state index < -0.39 is 0 Å². The van der Waals surface area contributed by atoms with Crippen LogP contribution in [0.15, 0.2) is 48.5 Å². The fourth-order valence-corrected chi connectivity index (χ4v) is 3.59. The van der Waals surface area contributed by atoms with Crippen LogP contribution in [-0.4, -0.2) is 20.8 Å². The van der Waals surface area contributed by atoms with Crippen LogP contribution in [0.5, 0.6) is 11.5 Å². The van der Waals surface area contributed by atoms with Crippen LogP contribution < -0.4 is 15.2 Å². The molecule has 1 atom stereocenters. The molecule has 1 unspecified atom stereocenters. The van der Waals surface area contributed by atoms with Gasteiger partial charge in [0, 0.05) is 11.5 Å². The van der Waals surface area contributed by atoms with Gasteiger partial charge in [-0.15, -0.1) is 0 Å². The van der Waals surface area contributed by atoms with Gasteiger partial charge in [0.1, 0.15) is 11.5 Å². The summed E-state index contributed by atoms with van der Waals surface area (Å²) in [6.45, 7) is 4.78. The summed E-state index contributed by atoms with van der Waals surface area (Å²) in [5.74, 6) is 1.97. The van der Waals surface area contributed by atoms with Gasteiger partial charge in [0.15, 0.2) is 0 Å². The van der Waals surface area contributed by atoms with Crippen molar-refractivity contribution in [1.82, 2.24) is 0 Å². The molecule has 0 spiro atoms. The molecule has 0 radical (unpaired) electrons. The highest BCUT2D eigenvalue weighted by Gasteiger charge is 2.20. The third-order valence-electron chi connectivity index (χ3n) is 5.24. The highest BCUT2D eigenvalue weighted by molar-refractivity contribution is 5.87. The first-order valence-corrected chi connectivity index (χ1v) is 8.98. The third kappa shape index (κ3) is 3.40. The summed E-state index contributed by atoms with van der Waals surface area (Å²) in [5, 5.41) is 2.43. The first-order chi connectivity index (χ1) is 12.6. The van der Waals surface area contributed by atoms with Crippen LogP contribution in [0.2, 0.25) is 0 Å². The van der Waals surface area contributed by atoms with E-state index in [-0.39, 0.29) is 5.92 Å². The van der Waals surface area contributed by atoms with E-state index in [0.717, 1.165) is 23.5 Å². The van der Waals surface area contributed by atoms with Gasteiger partial charge in [0.05, 0.1) is 14.2 Å². The molecule has 136 valence electrons. The highest BCUT2D eigenvalue weighted by Crippen LogP contribution is 2.36. The molecule has 0 bridgehead atoms. The van der Waals surface area contributed by atoms with Gasteiger partial charge in [-0.2, -0.15) is 0 Å². The lowest BCUT2D eigenvalue weighted by atomic mass is 9.87. The fraction of sp³-hybridized carbons (Fsp3) is 0.304. The Balaban J connectivity index is 2.10. The molecule has 0 heterocycles. The number of ether oxygens (including phenoxy) is 2. The van der Waals surface area contributed by atoms with E-state index in [1.54, 1.807) is 14.2 Å². The van der Waals surface area contributed by atoms with E-state index >= 15 is 0 Å². The van der Waals surface area contributed by atoms with Gasteiger partial charge >= 0.3 is 0 Å². The van der Waals surface area contributed by atoms with Gasteiger partial charge in [-0.25, -0.2) is 0 Å². The topological polar surface area (TPSA) is 44.5 Å². The van der Waals surface area contributed by atoms with Gasteiger partial charge in [0.2, 0.25) is 0 Å². The van der Waals surface area contributed by atoms with Crippen molar-refractivity contribution >= 4 is 10.8 Å². The number of hydrogen-bond acceptors (Lipinski definition) is 3. The minimum atomic E-state index is 0.156. The van der Waals surface area contributed by atoms with Crippen LogP contribution in [0, 0.1) is 13.8 Å². The van der Waals surface area contributed by atoms with Gasteiger partial charge in [-0.1, -0.05) is 36.4 Å². The van der Waals surface area contributed by atoms with Crippen molar-refractivity contribution in [3.63, 3.8) is 0 Å². The minimum absolute atomic E-state index is 0.156. The quantitative estimate of drug-likeness (QED) is 0.698. The monoisotopic (exact) mass is 349 g/mol. The molecule has 0 fully saturated rings. The molecule has 3 rings (SSSR count). The second-order valence-corrected chi connectivity index (χ2v) is 6.78. The summed E-state index contributed by atoms with van der Waals surface area (Å²) in [6, 6.07) is 16.9. The molecule has 26 heavy (non-hydrogen) atoms. The molecule has 3 nitrogen and oxygen atoms in total. The summed E-state index contributed by atoms with van der Waals surface area (Å²) in [4.78, 5) is 0. The average Bonchev–Trinajstić information content (AvgIpc) is 2.67. The molecule has 3 aromatic carbocycles. The van der Waals surface area contributed by atoms with E-state index in [1.165, 1.54) is 27.5 Å². The molecule has 2 N–H and O–H groups in total. The van der Waals surface area contributed by atoms with Crippen LogP contribution in [-0.2, 0) is 6.42 Å². The Morgan fingerprint density at radius 2 is 1.58 bits per heavy atom. The maximum atomic E-state index is 6.20. The summed E-state index contributed by atoms with van der Waals surface area (Å²) < 4.78 is 11.3. The Kier molecular flexibility index (Phi) is 5.48. The van der Waals surface area contributed by atoms with Crippen molar-refractivity contribution in [2.24, 2.45) is 5.73 Å². The molecule has 0 saturated heterocycles. The van der Waals surface area contributed by atoms with E-state index in [4.69, 9.17) is 15.2 Å². The molecule has 3 heteroatoms. The van der Waals surface area contributed by atoms with Crippen LogP contribution in [0.4, 0.5) is 0 Å². The number of hydrogen-bond donors (Lipinski definition) is 1. The van der Waals surface area contributed by atoms with Crippen molar-refractivity contribution in [2.45, 2.75) is 26.2 Å². The first kappa shape index (κ1) is 18.3. The smallest absolute Gasteiger partial charge is 0.122 e. The molecular formula is C23H27NO2. The van der Waals surface area contributed by atoms with Crippen LogP contribution in [0.25, 0.3) is 10.8 Å². The molecule has 0 amide bonds. The number of aryl methyl sites for hydroxylation is 2. The number of fused-ring (bicyclic) bond motifs is 1. The van der Waals surface area contributed by atoms with Gasteiger partial charge in [0.25, 0.3) is 0 Å². The number of nitrogens with two attached hydrogens (primary N) is 1. The molecule has 0 aliphatic heterocycles. The largest absolute Gasteiger partial charge is 0.496 e. The van der Waals surface area contributed by atoms with Crippen molar-refractivity contribution < 1.29 is 9.47 Å². The average molecular weight is 349 g/mol. The summed E-state index contributed by atoms with van der Waals surface area (Å²) >= 11 is 0. The first-order valence-electron chi connectivity index (χ1n) is 8.98. The lowest BCUT2D eigenvalue weighted by Crippen LogP contribution is -2.17. The molecule has 3 aromatic rings. The second kappa shape index (κ2) is 7.79. The number of methoxy groups -OCH3 is 2. The van der Waals surface area contributed by atoms with E-state index in [9.17, 15) is 0 Å². The maximum absolute atomic E-state index is 6.20. The lowest BCUT2D eigenvalue weighted by Gasteiger charge is -2.22. The zero-order valence-electron chi connectivity index (χ0n) is 16.0. The van der Waals surface area contributed by atoms with Crippen LogP contribution in [0.3, 0.4) is 0 Å². The predicted molar refractivity (Wildman–Crippen MR) is 108 cm³/mol. The Morgan fingerprint density at radius 1 is 0.885 bits per heavy atom. The second-order valence-electron chi connectivity index (χ2n) is 6.78. The third-order valence-corrected chi connectivity index (χ3v) is 5.24. The SMILES string of the molecule is COc1cc(C)c(C)cc1C(CN)Cc1c(OC)ccc2ccccc12. The summed E-state index contributed by atoms with van der Waals surface area (Å²) in [5.41, 5.74) is 11.0. The number of benzene rings is 3. The predicted octanol–water partition coefficient (Wildman–Crippen LogP) is 4.76. The zero-order chi connectivity index (χ0) is 18.7. The standard InChI is InChI=1S/C23H27NO2/c1-15-11-20(23(26-4)12-16(15)2)18(14-24)13-21-19-8-6-5-7-17(19)9-10-22(21)25-3/h5-12,18H,13-14,24H2,1-4H3. The Morgan fingerprint density at radius 3 is 2.27 bits per heavy atom. The molecule has 0 aliphatic rings. The van der Waals surface area contributed by atoms with Crippen LogP contribution in [0.1, 0.15) is 28.2 Å². The Hall–Kier alpha value is -2.52. The normalized spacial score (nSPS) is 12.2. The summed E-state index contributed by atoms with van der Waals surface area (Å²) in [6.07, 6.45) is 0.805.